The molecule has 1 rings (SSSR count). The third-order valence-corrected chi connectivity index (χ3v) is 3.13. The van der Waals surface area contributed by atoms with Crippen LogP contribution in [0.15, 0.2) is 3.92 Å². The SMILES string of the molecule is Cc1sc(Br)nc1CNC(=O)OC(C)(C)C. The van der Waals surface area contributed by atoms with Crippen molar-refractivity contribution in [3.63, 3.8) is 0 Å². The number of amides is 1. The summed E-state index contributed by atoms with van der Waals surface area (Å²) in [5.74, 6) is 0. The Labute approximate surface area is 108 Å². The van der Waals surface area contributed by atoms with Crippen molar-refractivity contribution < 1.29 is 9.53 Å². The number of alkyl carbamates (subject to hydrolysis) is 1. The van der Waals surface area contributed by atoms with E-state index in [2.05, 4.69) is 26.2 Å². The van der Waals surface area contributed by atoms with Gasteiger partial charge < -0.3 is 10.1 Å². The van der Waals surface area contributed by atoms with Crippen molar-refractivity contribution in [1.29, 1.82) is 0 Å². The maximum absolute atomic E-state index is 11.4. The van der Waals surface area contributed by atoms with Crippen molar-refractivity contribution in [1.82, 2.24) is 10.3 Å². The molecule has 0 spiro atoms. The number of carbonyl (C=O) groups excluding carboxylic acids is 1. The van der Waals surface area contributed by atoms with Gasteiger partial charge in [0, 0.05) is 4.88 Å². The zero-order valence-electron chi connectivity index (χ0n) is 9.76. The number of rotatable bonds is 2. The lowest BCUT2D eigenvalue weighted by atomic mass is 10.2. The van der Waals surface area contributed by atoms with Crippen LogP contribution in [-0.2, 0) is 11.3 Å². The normalized spacial score (nSPS) is 11.3. The first-order chi connectivity index (χ1) is 7.28. The summed E-state index contributed by atoms with van der Waals surface area (Å²) in [5.41, 5.74) is 0.393. The van der Waals surface area contributed by atoms with E-state index in [9.17, 15) is 4.79 Å². The minimum absolute atomic E-state index is 0.392. The molecule has 0 saturated carbocycles. The standard InChI is InChI=1S/C10H15BrN2O2S/c1-6-7(13-8(11)16-6)5-12-9(14)15-10(2,3)4/h5H2,1-4H3,(H,12,14). The van der Waals surface area contributed by atoms with Gasteiger partial charge in [-0.15, -0.1) is 11.3 Å². The van der Waals surface area contributed by atoms with Crippen molar-refractivity contribution in [3.8, 4) is 0 Å². The van der Waals surface area contributed by atoms with Crippen molar-refractivity contribution in [2.75, 3.05) is 0 Å². The van der Waals surface area contributed by atoms with Crippen LogP contribution in [-0.4, -0.2) is 16.7 Å². The van der Waals surface area contributed by atoms with Crippen molar-refractivity contribution in [2.45, 2.75) is 39.8 Å². The Hall–Kier alpha value is -0.620. The Kier molecular flexibility index (Phi) is 4.32. The van der Waals surface area contributed by atoms with Crippen LogP contribution >= 0.6 is 27.3 Å². The van der Waals surface area contributed by atoms with Gasteiger partial charge in [-0.1, -0.05) is 0 Å². The lowest BCUT2D eigenvalue weighted by Crippen LogP contribution is -2.32. The number of ether oxygens (including phenoxy) is 1. The zero-order valence-corrected chi connectivity index (χ0v) is 12.2. The fourth-order valence-corrected chi connectivity index (χ4v) is 2.61. The molecule has 1 aromatic rings. The topological polar surface area (TPSA) is 51.2 Å². The molecule has 16 heavy (non-hydrogen) atoms. The van der Waals surface area contributed by atoms with Crippen LogP contribution in [0.5, 0.6) is 0 Å². The summed E-state index contributed by atoms with van der Waals surface area (Å²) < 4.78 is 5.94. The molecule has 0 fully saturated rings. The zero-order chi connectivity index (χ0) is 12.3. The van der Waals surface area contributed by atoms with Crippen LogP contribution in [0.25, 0.3) is 0 Å². The first-order valence-corrected chi connectivity index (χ1v) is 6.47. The van der Waals surface area contributed by atoms with Gasteiger partial charge in [-0.05, 0) is 43.6 Å². The lowest BCUT2D eigenvalue weighted by molar-refractivity contribution is 0.0523. The van der Waals surface area contributed by atoms with Crippen LogP contribution in [0.3, 0.4) is 0 Å². The largest absolute Gasteiger partial charge is 0.444 e. The van der Waals surface area contributed by atoms with E-state index in [-0.39, 0.29) is 0 Å². The number of thiazole rings is 1. The number of nitrogens with zero attached hydrogens (tertiary/aromatic N) is 1. The van der Waals surface area contributed by atoms with E-state index in [0.29, 0.717) is 6.54 Å². The first-order valence-electron chi connectivity index (χ1n) is 4.86. The van der Waals surface area contributed by atoms with Gasteiger partial charge in [0.15, 0.2) is 3.92 Å². The summed E-state index contributed by atoms with van der Waals surface area (Å²) in [4.78, 5) is 16.7. The molecule has 0 aliphatic heterocycles. The minimum Gasteiger partial charge on any atom is -0.444 e. The molecule has 0 bridgehead atoms. The molecule has 1 aromatic heterocycles. The van der Waals surface area contributed by atoms with E-state index in [1.165, 1.54) is 0 Å². The molecule has 6 heteroatoms. The molecule has 0 unspecified atom stereocenters. The second-order valence-electron chi connectivity index (χ2n) is 4.33. The van der Waals surface area contributed by atoms with E-state index in [4.69, 9.17) is 4.74 Å². The highest BCUT2D eigenvalue weighted by molar-refractivity contribution is 9.11. The van der Waals surface area contributed by atoms with Gasteiger partial charge in [0.1, 0.15) is 5.60 Å². The monoisotopic (exact) mass is 306 g/mol. The van der Waals surface area contributed by atoms with Gasteiger partial charge in [-0.3, -0.25) is 0 Å². The van der Waals surface area contributed by atoms with E-state index in [0.717, 1.165) is 14.5 Å². The van der Waals surface area contributed by atoms with Crippen LogP contribution in [0.4, 0.5) is 4.79 Å². The summed E-state index contributed by atoms with van der Waals surface area (Å²) >= 11 is 4.85. The van der Waals surface area contributed by atoms with Crippen molar-refractivity contribution in [3.05, 3.63) is 14.5 Å². The number of halogens is 1. The lowest BCUT2D eigenvalue weighted by Gasteiger charge is -2.19. The van der Waals surface area contributed by atoms with Gasteiger partial charge in [0.25, 0.3) is 0 Å². The highest BCUT2D eigenvalue weighted by Gasteiger charge is 2.16. The van der Waals surface area contributed by atoms with E-state index >= 15 is 0 Å². The number of hydrogen-bond donors (Lipinski definition) is 1. The molecule has 90 valence electrons. The summed E-state index contributed by atoms with van der Waals surface area (Å²) in [5, 5.41) is 2.67. The number of aromatic nitrogens is 1. The maximum Gasteiger partial charge on any atom is 0.407 e. The molecule has 0 radical (unpaired) electrons. The van der Waals surface area contributed by atoms with Gasteiger partial charge >= 0.3 is 6.09 Å². The Morgan fingerprint density at radius 1 is 1.56 bits per heavy atom. The fourth-order valence-electron chi connectivity index (χ4n) is 1.03. The fraction of sp³-hybridized carbons (Fsp3) is 0.600. The molecule has 0 aliphatic carbocycles. The van der Waals surface area contributed by atoms with E-state index < -0.39 is 11.7 Å². The van der Waals surface area contributed by atoms with Crippen LogP contribution < -0.4 is 5.32 Å². The molecule has 1 amide bonds. The molecule has 4 nitrogen and oxygen atoms in total. The summed E-state index contributed by atoms with van der Waals surface area (Å²) in [6.07, 6.45) is -0.420. The number of nitrogens with one attached hydrogen (secondary N) is 1. The molecular formula is C10H15BrN2O2S. The Morgan fingerprint density at radius 2 is 2.19 bits per heavy atom. The summed E-state index contributed by atoms with van der Waals surface area (Å²) in [6, 6.07) is 0. The molecule has 1 heterocycles. The average molecular weight is 307 g/mol. The van der Waals surface area contributed by atoms with Gasteiger partial charge in [0.2, 0.25) is 0 Å². The average Bonchev–Trinajstić information content (AvgIpc) is 2.38. The Bertz CT molecular complexity index is 385. The van der Waals surface area contributed by atoms with Gasteiger partial charge in [-0.2, -0.15) is 0 Å². The molecule has 1 N–H and O–H groups in total. The molecule has 0 aliphatic rings. The predicted octanol–water partition coefficient (Wildman–Crippen LogP) is 3.24. The summed E-state index contributed by atoms with van der Waals surface area (Å²) in [7, 11) is 0. The third-order valence-electron chi connectivity index (χ3n) is 1.67. The van der Waals surface area contributed by atoms with Crippen LogP contribution in [0.1, 0.15) is 31.3 Å². The second-order valence-corrected chi connectivity index (χ2v) is 6.80. The molecule has 0 aromatic carbocycles. The highest BCUT2D eigenvalue weighted by Crippen LogP contribution is 2.22. The summed E-state index contributed by atoms with van der Waals surface area (Å²) in [6.45, 7) is 7.85. The Balaban J connectivity index is 2.46. The third kappa shape index (κ3) is 4.49. The maximum atomic E-state index is 11.4. The van der Waals surface area contributed by atoms with Crippen molar-refractivity contribution >= 4 is 33.4 Å². The van der Waals surface area contributed by atoms with E-state index in [1.54, 1.807) is 11.3 Å². The highest BCUT2D eigenvalue weighted by atomic mass is 79.9. The quantitative estimate of drug-likeness (QED) is 0.912. The Morgan fingerprint density at radius 3 is 2.62 bits per heavy atom. The van der Waals surface area contributed by atoms with Gasteiger partial charge in [-0.25, -0.2) is 9.78 Å². The molecule has 0 atom stereocenters. The molecule has 0 saturated heterocycles. The first kappa shape index (κ1) is 13.4. The minimum atomic E-state index is -0.470. The molecular weight excluding hydrogens is 292 g/mol. The van der Waals surface area contributed by atoms with Crippen molar-refractivity contribution in [2.24, 2.45) is 0 Å². The smallest absolute Gasteiger partial charge is 0.407 e. The van der Waals surface area contributed by atoms with Crippen LogP contribution in [0, 0.1) is 6.92 Å². The number of carbonyl (C=O) groups is 1. The van der Waals surface area contributed by atoms with Gasteiger partial charge in [0.05, 0.1) is 12.2 Å². The van der Waals surface area contributed by atoms with Crippen LogP contribution in [0.2, 0.25) is 0 Å². The predicted molar refractivity (Wildman–Crippen MR) is 67.6 cm³/mol. The number of hydrogen-bond acceptors (Lipinski definition) is 4. The second kappa shape index (κ2) is 5.14. The van der Waals surface area contributed by atoms with E-state index in [1.807, 2.05) is 27.7 Å². The number of aryl methyl sites for hydroxylation is 1.